The Labute approximate surface area is 137 Å². The van der Waals surface area contributed by atoms with Gasteiger partial charge < -0.3 is 4.90 Å². The van der Waals surface area contributed by atoms with Gasteiger partial charge in [0.1, 0.15) is 5.41 Å². The van der Waals surface area contributed by atoms with Crippen molar-refractivity contribution in [3.8, 4) is 0 Å². The van der Waals surface area contributed by atoms with Crippen molar-refractivity contribution in [1.29, 1.82) is 0 Å². The maximum Gasteiger partial charge on any atom is 0.241 e. The topological polar surface area (TPSA) is 20.3 Å². The van der Waals surface area contributed by atoms with Crippen LogP contribution in [-0.4, -0.2) is 17.9 Å². The smallest absolute Gasteiger partial charge is 0.241 e. The van der Waals surface area contributed by atoms with Crippen LogP contribution >= 0.6 is 0 Å². The van der Waals surface area contributed by atoms with Crippen LogP contribution in [0.25, 0.3) is 5.57 Å². The van der Waals surface area contributed by atoms with Crippen LogP contribution in [-0.2, 0) is 10.2 Å². The number of hydrogen-bond acceptors (Lipinski definition) is 1. The van der Waals surface area contributed by atoms with Crippen LogP contribution in [0.2, 0.25) is 0 Å². The molecule has 0 saturated heterocycles. The zero-order chi connectivity index (χ0) is 16.0. The number of hydrogen-bond donors (Lipinski definition) is 0. The molecule has 1 saturated carbocycles. The van der Waals surface area contributed by atoms with Crippen LogP contribution in [0.3, 0.4) is 0 Å². The number of allylic oxidation sites excluding steroid dienone is 1. The van der Waals surface area contributed by atoms with Gasteiger partial charge in [-0.25, -0.2) is 0 Å². The number of rotatable bonds is 3. The maximum absolute atomic E-state index is 13.4. The fourth-order valence-electron chi connectivity index (χ4n) is 4.12. The number of carbonyl (C=O) groups is 1. The summed E-state index contributed by atoms with van der Waals surface area (Å²) >= 11 is 0. The van der Waals surface area contributed by atoms with Gasteiger partial charge in [0.25, 0.3) is 0 Å². The SMILES string of the molecule is CC1=C(c2ccccc2)C(c2ccccc2)(C2CC2)C(=O)N1C. The second-order valence-electron chi connectivity index (χ2n) is 6.64. The Hall–Kier alpha value is -2.35. The van der Waals surface area contributed by atoms with E-state index < -0.39 is 5.41 Å². The van der Waals surface area contributed by atoms with Crippen molar-refractivity contribution in [3.63, 3.8) is 0 Å². The van der Waals surface area contributed by atoms with Crippen molar-refractivity contribution < 1.29 is 4.79 Å². The highest BCUT2D eigenvalue weighted by molar-refractivity contribution is 6.09. The van der Waals surface area contributed by atoms with Gasteiger partial charge >= 0.3 is 0 Å². The summed E-state index contributed by atoms with van der Waals surface area (Å²) in [7, 11) is 1.91. The average Bonchev–Trinajstić information content (AvgIpc) is 3.42. The summed E-state index contributed by atoms with van der Waals surface area (Å²) < 4.78 is 0. The summed E-state index contributed by atoms with van der Waals surface area (Å²) in [5, 5.41) is 0. The monoisotopic (exact) mass is 303 g/mol. The van der Waals surface area contributed by atoms with Gasteiger partial charge in [0.05, 0.1) is 0 Å². The minimum Gasteiger partial charge on any atom is -0.318 e. The molecule has 2 aliphatic rings. The molecule has 2 aromatic rings. The largest absolute Gasteiger partial charge is 0.318 e. The average molecular weight is 303 g/mol. The van der Waals surface area contributed by atoms with E-state index in [2.05, 4.69) is 43.3 Å². The molecule has 1 fully saturated rings. The maximum atomic E-state index is 13.4. The number of nitrogens with zero attached hydrogens (tertiary/aromatic N) is 1. The Bertz CT molecular complexity index is 774. The van der Waals surface area contributed by atoms with Crippen LogP contribution in [0.15, 0.2) is 66.4 Å². The van der Waals surface area contributed by atoms with Gasteiger partial charge in [-0.3, -0.25) is 4.79 Å². The van der Waals surface area contributed by atoms with E-state index in [0.717, 1.165) is 24.1 Å². The zero-order valence-corrected chi connectivity index (χ0v) is 13.6. The summed E-state index contributed by atoms with van der Waals surface area (Å²) in [6, 6.07) is 20.7. The van der Waals surface area contributed by atoms with Gasteiger partial charge in [-0.1, -0.05) is 60.7 Å². The molecule has 0 N–H and O–H groups in total. The zero-order valence-electron chi connectivity index (χ0n) is 13.6. The summed E-state index contributed by atoms with van der Waals surface area (Å²) in [6.45, 7) is 2.08. The normalized spacial score (nSPS) is 24.4. The lowest BCUT2D eigenvalue weighted by Crippen LogP contribution is -2.41. The first-order valence-electron chi connectivity index (χ1n) is 8.28. The van der Waals surface area contributed by atoms with Crippen LogP contribution < -0.4 is 0 Å². The number of likely N-dealkylation sites (N-methyl/N-ethyl adjacent to an activating group) is 1. The molecule has 0 spiro atoms. The van der Waals surface area contributed by atoms with E-state index in [-0.39, 0.29) is 5.91 Å². The fraction of sp³-hybridized carbons (Fsp3) is 0.286. The van der Waals surface area contributed by atoms with E-state index in [4.69, 9.17) is 0 Å². The third-order valence-corrected chi connectivity index (χ3v) is 5.38. The minimum atomic E-state index is -0.512. The number of amides is 1. The van der Waals surface area contributed by atoms with Gasteiger partial charge in [0, 0.05) is 12.7 Å². The predicted molar refractivity (Wildman–Crippen MR) is 92.7 cm³/mol. The quantitative estimate of drug-likeness (QED) is 0.830. The van der Waals surface area contributed by atoms with Gasteiger partial charge in [-0.15, -0.1) is 0 Å². The van der Waals surface area contributed by atoms with Gasteiger partial charge in [0.15, 0.2) is 0 Å². The van der Waals surface area contributed by atoms with Crippen molar-refractivity contribution in [2.45, 2.75) is 25.2 Å². The third kappa shape index (κ3) is 1.91. The molecule has 23 heavy (non-hydrogen) atoms. The Morgan fingerprint density at radius 2 is 1.52 bits per heavy atom. The lowest BCUT2D eigenvalue weighted by Gasteiger charge is -2.32. The summed E-state index contributed by atoms with van der Waals surface area (Å²) in [5.74, 6) is 0.634. The van der Waals surface area contributed by atoms with Crippen molar-refractivity contribution in [2.24, 2.45) is 5.92 Å². The molecule has 2 heteroatoms. The molecule has 0 aromatic heterocycles. The Morgan fingerprint density at radius 3 is 2.09 bits per heavy atom. The lowest BCUT2D eigenvalue weighted by molar-refractivity contribution is -0.131. The molecule has 116 valence electrons. The van der Waals surface area contributed by atoms with E-state index in [1.165, 1.54) is 11.1 Å². The molecule has 0 radical (unpaired) electrons. The highest BCUT2D eigenvalue weighted by Crippen LogP contribution is 2.59. The first-order chi connectivity index (χ1) is 11.2. The molecule has 2 aromatic carbocycles. The molecule has 1 unspecified atom stereocenters. The molecule has 4 rings (SSSR count). The van der Waals surface area contributed by atoms with Crippen molar-refractivity contribution in [2.75, 3.05) is 7.05 Å². The number of benzene rings is 2. The molecule has 1 heterocycles. The molecule has 1 amide bonds. The van der Waals surface area contributed by atoms with E-state index >= 15 is 0 Å². The first-order valence-corrected chi connectivity index (χ1v) is 8.28. The highest BCUT2D eigenvalue weighted by Gasteiger charge is 2.59. The van der Waals surface area contributed by atoms with E-state index in [0.29, 0.717) is 5.92 Å². The van der Waals surface area contributed by atoms with Crippen molar-refractivity contribution in [1.82, 2.24) is 4.90 Å². The minimum absolute atomic E-state index is 0.225. The predicted octanol–water partition coefficient (Wildman–Crippen LogP) is 4.24. The fourth-order valence-corrected chi connectivity index (χ4v) is 4.12. The molecule has 0 bridgehead atoms. The Morgan fingerprint density at radius 1 is 0.957 bits per heavy atom. The van der Waals surface area contributed by atoms with E-state index in [1.54, 1.807) is 0 Å². The van der Waals surface area contributed by atoms with E-state index in [1.807, 2.05) is 36.2 Å². The van der Waals surface area contributed by atoms with Crippen LogP contribution in [0, 0.1) is 5.92 Å². The molecular formula is C21H21NO. The van der Waals surface area contributed by atoms with Gasteiger partial charge in [-0.2, -0.15) is 0 Å². The van der Waals surface area contributed by atoms with Crippen molar-refractivity contribution >= 4 is 11.5 Å². The third-order valence-electron chi connectivity index (χ3n) is 5.38. The molecule has 1 aliphatic heterocycles. The molecule has 1 atom stereocenters. The number of carbonyl (C=O) groups excluding carboxylic acids is 1. The second kappa shape index (κ2) is 5.09. The highest BCUT2D eigenvalue weighted by atomic mass is 16.2. The summed E-state index contributed by atoms with van der Waals surface area (Å²) in [5.41, 5.74) is 4.06. The molecular weight excluding hydrogens is 282 g/mol. The summed E-state index contributed by atoms with van der Waals surface area (Å²) in [6.07, 6.45) is 2.25. The van der Waals surface area contributed by atoms with Crippen LogP contribution in [0.5, 0.6) is 0 Å². The van der Waals surface area contributed by atoms with Gasteiger partial charge in [0.2, 0.25) is 5.91 Å². The molecule has 2 nitrogen and oxygen atoms in total. The Balaban J connectivity index is 2.02. The second-order valence-corrected chi connectivity index (χ2v) is 6.64. The standard InChI is InChI=1S/C21H21NO/c1-15-19(16-9-5-3-6-10-16)21(18-13-14-18,20(23)22(15)2)17-11-7-4-8-12-17/h3-12,18H,13-14H2,1-2H3. The van der Waals surface area contributed by atoms with Crippen LogP contribution in [0.4, 0.5) is 0 Å². The Kier molecular flexibility index (Phi) is 3.15. The molecule has 1 aliphatic carbocycles. The summed E-state index contributed by atoms with van der Waals surface area (Å²) in [4.78, 5) is 15.2. The van der Waals surface area contributed by atoms with E-state index in [9.17, 15) is 4.79 Å². The lowest BCUT2D eigenvalue weighted by atomic mass is 9.68. The van der Waals surface area contributed by atoms with Crippen molar-refractivity contribution in [3.05, 3.63) is 77.5 Å². The van der Waals surface area contributed by atoms with Crippen LogP contribution in [0.1, 0.15) is 30.9 Å². The van der Waals surface area contributed by atoms with Gasteiger partial charge in [-0.05, 0) is 42.4 Å². The first kappa shape index (κ1) is 14.3.